The summed E-state index contributed by atoms with van der Waals surface area (Å²) in [5.74, 6) is 0.257. The number of nitrogen functional groups attached to an aromatic ring is 1. The van der Waals surface area contributed by atoms with Gasteiger partial charge >= 0.3 is 0 Å². The lowest BCUT2D eigenvalue weighted by atomic mass is 9.63. The maximum Gasteiger partial charge on any atom is 0.201 e. The number of halogens is 1. The van der Waals surface area contributed by atoms with Crippen molar-refractivity contribution in [2.45, 2.75) is 53.0 Å². The number of imidazole rings is 1. The summed E-state index contributed by atoms with van der Waals surface area (Å²) in [4.78, 5) is 4.40. The van der Waals surface area contributed by atoms with Gasteiger partial charge in [-0.1, -0.05) is 27.7 Å². The second kappa shape index (κ2) is 4.46. The zero-order valence-corrected chi connectivity index (χ0v) is 13.3. The first-order valence-electron chi connectivity index (χ1n) is 7.60. The van der Waals surface area contributed by atoms with Gasteiger partial charge in [-0.15, -0.1) is 0 Å². The highest BCUT2D eigenvalue weighted by Crippen LogP contribution is 2.51. The minimum atomic E-state index is -0.238. The number of benzene rings is 1. The second-order valence-corrected chi connectivity index (χ2v) is 8.04. The third-order valence-corrected chi connectivity index (χ3v) is 4.58. The molecule has 0 spiro atoms. The van der Waals surface area contributed by atoms with Gasteiger partial charge in [-0.25, -0.2) is 9.37 Å². The SMILES string of the molecule is CC1(C)CC(n2c(N)nc3ccc(F)cc32)CC(C)(C)C1. The van der Waals surface area contributed by atoms with Crippen molar-refractivity contribution < 1.29 is 4.39 Å². The van der Waals surface area contributed by atoms with Crippen LogP contribution in [0, 0.1) is 16.6 Å². The fraction of sp³-hybridized carbons (Fsp3) is 0.588. The van der Waals surface area contributed by atoms with Crippen molar-refractivity contribution in [1.29, 1.82) is 0 Å². The first-order chi connectivity index (χ1) is 9.67. The Labute approximate surface area is 125 Å². The van der Waals surface area contributed by atoms with Gasteiger partial charge in [-0.2, -0.15) is 0 Å². The molecule has 2 aromatic rings. The minimum absolute atomic E-state index is 0.238. The molecule has 1 saturated carbocycles. The van der Waals surface area contributed by atoms with Crippen LogP contribution in [-0.4, -0.2) is 9.55 Å². The molecule has 3 nitrogen and oxygen atoms in total. The van der Waals surface area contributed by atoms with E-state index in [-0.39, 0.29) is 22.7 Å². The number of anilines is 1. The number of aromatic nitrogens is 2. The highest BCUT2D eigenvalue weighted by Gasteiger charge is 2.40. The summed E-state index contributed by atoms with van der Waals surface area (Å²) in [6.45, 7) is 9.21. The zero-order valence-electron chi connectivity index (χ0n) is 13.3. The molecule has 4 heteroatoms. The van der Waals surface area contributed by atoms with Crippen molar-refractivity contribution in [3.8, 4) is 0 Å². The summed E-state index contributed by atoms with van der Waals surface area (Å²) in [6.07, 6.45) is 3.28. The number of rotatable bonds is 1. The quantitative estimate of drug-likeness (QED) is 0.838. The van der Waals surface area contributed by atoms with E-state index in [1.54, 1.807) is 12.1 Å². The Balaban J connectivity index is 2.11. The molecule has 0 atom stereocenters. The molecule has 0 amide bonds. The molecular weight excluding hydrogens is 265 g/mol. The number of nitrogens with two attached hydrogens (primary N) is 1. The van der Waals surface area contributed by atoms with E-state index in [2.05, 4.69) is 32.7 Å². The van der Waals surface area contributed by atoms with E-state index in [4.69, 9.17) is 5.73 Å². The van der Waals surface area contributed by atoms with Gasteiger partial charge in [-0.3, -0.25) is 0 Å². The molecule has 0 radical (unpaired) electrons. The Morgan fingerprint density at radius 2 is 1.81 bits per heavy atom. The smallest absolute Gasteiger partial charge is 0.201 e. The molecule has 0 unspecified atom stereocenters. The summed E-state index contributed by atoms with van der Waals surface area (Å²) in [5, 5.41) is 0. The molecule has 0 bridgehead atoms. The van der Waals surface area contributed by atoms with Crippen molar-refractivity contribution >= 4 is 17.0 Å². The van der Waals surface area contributed by atoms with Crippen molar-refractivity contribution in [2.75, 3.05) is 5.73 Å². The predicted octanol–water partition coefficient (Wildman–Crippen LogP) is 4.54. The van der Waals surface area contributed by atoms with Crippen LogP contribution in [0.5, 0.6) is 0 Å². The van der Waals surface area contributed by atoms with Gasteiger partial charge in [0, 0.05) is 6.04 Å². The van der Waals surface area contributed by atoms with E-state index in [1.165, 1.54) is 12.5 Å². The van der Waals surface area contributed by atoms with Crippen molar-refractivity contribution in [3.05, 3.63) is 24.0 Å². The largest absolute Gasteiger partial charge is 0.369 e. The van der Waals surface area contributed by atoms with Gasteiger partial charge in [0.15, 0.2) is 0 Å². The average Bonchev–Trinajstić information content (AvgIpc) is 2.60. The monoisotopic (exact) mass is 289 g/mol. The molecule has 1 aliphatic rings. The number of hydrogen-bond acceptors (Lipinski definition) is 2. The Bertz CT molecular complexity index is 669. The highest BCUT2D eigenvalue weighted by molar-refractivity contribution is 5.78. The molecule has 1 fully saturated rings. The molecule has 114 valence electrons. The number of fused-ring (bicyclic) bond motifs is 1. The summed E-state index contributed by atoms with van der Waals surface area (Å²) in [5.41, 5.74) is 8.23. The molecule has 1 aromatic heterocycles. The van der Waals surface area contributed by atoms with Gasteiger partial charge in [-0.05, 0) is 48.3 Å². The van der Waals surface area contributed by atoms with E-state index in [1.807, 2.05) is 4.57 Å². The summed E-state index contributed by atoms with van der Waals surface area (Å²) in [6, 6.07) is 4.97. The van der Waals surface area contributed by atoms with E-state index in [0.717, 1.165) is 23.9 Å². The van der Waals surface area contributed by atoms with Crippen LogP contribution >= 0.6 is 0 Å². The average molecular weight is 289 g/mol. The fourth-order valence-corrected chi connectivity index (χ4v) is 4.44. The number of hydrogen-bond donors (Lipinski definition) is 1. The molecule has 3 rings (SSSR count). The van der Waals surface area contributed by atoms with Crippen LogP contribution in [0.3, 0.4) is 0 Å². The third-order valence-electron chi connectivity index (χ3n) is 4.58. The van der Waals surface area contributed by atoms with E-state index < -0.39 is 0 Å². The Morgan fingerprint density at radius 3 is 2.43 bits per heavy atom. The molecule has 1 aliphatic carbocycles. The minimum Gasteiger partial charge on any atom is -0.369 e. The molecule has 0 saturated heterocycles. The standard InChI is InChI=1S/C17H24FN3/c1-16(2)8-12(9-17(3,4)10-16)21-14-7-11(18)5-6-13(14)20-15(21)19/h5-7,12H,8-10H2,1-4H3,(H2,19,20). The molecule has 1 aromatic carbocycles. The van der Waals surface area contributed by atoms with E-state index in [0.29, 0.717) is 5.95 Å². The third kappa shape index (κ3) is 2.63. The normalized spacial score (nSPS) is 21.8. The maximum atomic E-state index is 13.6. The second-order valence-electron chi connectivity index (χ2n) is 8.04. The fourth-order valence-electron chi connectivity index (χ4n) is 4.44. The van der Waals surface area contributed by atoms with Crippen LogP contribution in [0.2, 0.25) is 0 Å². The summed E-state index contributed by atoms with van der Waals surface area (Å²) >= 11 is 0. The van der Waals surface area contributed by atoms with E-state index in [9.17, 15) is 4.39 Å². The molecular formula is C17H24FN3. The molecule has 2 N–H and O–H groups in total. The van der Waals surface area contributed by atoms with Gasteiger partial charge in [0.2, 0.25) is 5.95 Å². The van der Waals surface area contributed by atoms with Crippen LogP contribution in [0.4, 0.5) is 10.3 Å². The van der Waals surface area contributed by atoms with Gasteiger partial charge in [0.1, 0.15) is 5.82 Å². The van der Waals surface area contributed by atoms with Crippen LogP contribution in [-0.2, 0) is 0 Å². The Morgan fingerprint density at radius 1 is 1.19 bits per heavy atom. The first kappa shape index (κ1) is 14.4. The molecule has 1 heterocycles. The summed E-state index contributed by atoms with van der Waals surface area (Å²) in [7, 11) is 0. The van der Waals surface area contributed by atoms with E-state index >= 15 is 0 Å². The molecule has 21 heavy (non-hydrogen) atoms. The van der Waals surface area contributed by atoms with Crippen LogP contribution in [0.15, 0.2) is 18.2 Å². The lowest BCUT2D eigenvalue weighted by Gasteiger charge is -2.45. The maximum absolute atomic E-state index is 13.6. The Kier molecular flexibility index (Phi) is 3.05. The van der Waals surface area contributed by atoms with Crippen LogP contribution < -0.4 is 5.73 Å². The first-order valence-corrected chi connectivity index (χ1v) is 7.60. The van der Waals surface area contributed by atoms with Gasteiger partial charge in [0.05, 0.1) is 11.0 Å². The highest BCUT2D eigenvalue weighted by atomic mass is 19.1. The number of nitrogens with zero attached hydrogens (tertiary/aromatic N) is 2. The van der Waals surface area contributed by atoms with Gasteiger partial charge < -0.3 is 10.3 Å². The van der Waals surface area contributed by atoms with Crippen LogP contribution in [0.25, 0.3) is 11.0 Å². The van der Waals surface area contributed by atoms with Gasteiger partial charge in [0.25, 0.3) is 0 Å². The lowest BCUT2D eigenvalue weighted by molar-refractivity contribution is 0.0746. The van der Waals surface area contributed by atoms with Crippen LogP contribution in [0.1, 0.15) is 53.0 Å². The zero-order chi connectivity index (χ0) is 15.4. The topological polar surface area (TPSA) is 43.8 Å². The molecule has 0 aliphatic heterocycles. The summed E-state index contributed by atoms with van der Waals surface area (Å²) < 4.78 is 15.7. The lowest BCUT2D eigenvalue weighted by Crippen LogP contribution is -2.35. The van der Waals surface area contributed by atoms with Crippen molar-refractivity contribution in [2.24, 2.45) is 10.8 Å². The van der Waals surface area contributed by atoms with Crippen molar-refractivity contribution in [1.82, 2.24) is 9.55 Å². The van der Waals surface area contributed by atoms with Crippen molar-refractivity contribution in [3.63, 3.8) is 0 Å². The predicted molar refractivity (Wildman–Crippen MR) is 84.6 cm³/mol. The Hall–Kier alpha value is -1.58.